The average Bonchev–Trinajstić information content (AvgIpc) is 3.28. The number of amides is 1. The summed E-state index contributed by atoms with van der Waals surface area (Å²) >= 11 is 3.45. The molecule has 1 heterocycles. The first-order valence-corrected chi connectivity index (χ1v) is 8.20. The molecule has 2 fully saturated rings. The van der Waals surface area contributed by atoms with Gasteiger partial charge in [-0.1, -0.05) is 28.1 Å². The van der Waals surface area contributed by atoms with E-state index in [1.165, 1.54) is 12.0 Å². The standard InChI is InChI=1S/C16H21BrN2O/c1-18-13-3-2-8-19(10-13)16(20)15-9-14(15)11-4-6-12(17)7-5-11/h4-7,13-15,18H,2-3,8-10H2,1H3/t13-,14-,15-/m1/s1. The van der Waals surface area contributed by atoms with E-state index in [4.69, 9.17) is 0 Å². The predicted molar refractivity (Wildman–Crippen MR) is 83.7 cm³/mol. The van der Waals surface area contributed by atoms with Crippen LogP contribution in [0.5, 0.6) is 0 Å². The van der Waals surface area contributed by atoms with Gasteiger partial charge in [0.05, 0.1) is 0 Å². The molecule has 1 aliphatic heterocycles. The van der Waals surface area contributed by atoms with Gasteiger partial charge < -0.3 is 10.2 Å². The van der Waals surface area contributed by atoms with Gasteiger partial charge in [-0.05, 0) is 49.9 Å². The quantitative estimate of drug-likeness (QED) is 0.920. The Hall–Kier alpha value is -0.870. The maximum absolute atomic E-state index is 12.6. The number of halogens is 1. The Balaban J connectivity index is 1.61. The van der Waals surface area contributed by atoms with E-state index in [0.717, 1.165) is 30.4 Å². The van der Waals surface area contributed by atoms with Crippen molar-refractivity contribution >= 4 is 21.8 Å². The normalized spacial score (nSPS) is 29.3. The Labute approximate surface area is 128 Å². The van der Waals surface area contributed by atoms with Gasteiger partial charge in [0.2, 0.25) is 5.91 Å². The third kappa shape index (κ3) is 2.91. The fourth-order valence-electron chi connectivity index (χ4n) is 3.19. The van der Waals surface area contributed by atoms with Crippen LogP contribution in [-0.2, 0) is 4.79 Å². The number of hydrogen-bond acceptors (Lipinski definition) is 2. The first-order chi connectivity index (χ1) is 9.69. The van der Waals surface area contributed by atoms with E-state index in [-0.39, 0.29) is 5.92 Å². The molecule has 0 unspecified atom stereocenters. The van der Waals surface area contributed by atoms with Gasteiger partial charge >= 0.3 is 0 Å². The minimum atomic E-state index is 0.215. The minimum Gasteiger partial charge on any atom is -0.341 e. The van der Waals surface area contributed by atoms with Gasteiger partial charge in [0.1, 0.15) is 0 Å². The zero-order chi connectivity index (χ0) is 14.1. The van der Waals surface area contributed by atoms with Crippen LogP contribution in [0.4, 0.5) is 0 Å². The van der Waals surface area contributed by atoms with Crippen molar-refractivity contribution in [1.29, 1.82) is 0 Å². The van der Waals surface area contributed by atoms with Crippen LogP contribution in [0.1, 0.15) is 30.7 Å². The molecule has 0 aromatic heterocycles. The van der Waals surface area contributed by atoms with E-state index >= 15 is 0 Å². The molecule has 0 radical (unpaired) electrons. The van der Waals surface area contributed by atoms with Gasteiger partial charge in [0, 0.05) is 29.5 Å². The lowest BCUT2D eigenvalue weighted by atomic mass is 10.0. The molecule has 3 atom stereocenters. The molecule has 108 valence electrons. The van der Waals surface area contributed by atoms with Crippen molar-refractivity contribution in [2.24, 2.45) is 5.92 Å². The molecule has 1 aromatic carbocycles. The smallest absolute Gasteiger partial charge is 0.226 e. The Kier molecular flexibility index (Phi) is 4.13. The summed E-state index contributed by atoms with van der Waals surface area (Å²) in [5, 5.41) is 3.30. The second-order valence-electron chi connectivity index (χ2n) is 5.91. The highest BCUT2D eigenvalue weighted by atomic mass is 79.9. The summed E-state index contributed by atoms with van der Waals surface area (Å²) in [5.74, 6) is 1.01. The van der Waals surface area contributed by atoms with Gasteiger partial charge in [-0.2, -0.15) is 0 Å². The van der Waals surface area contributed by atoms with E-state index in [2.05, 4.69) is 50.4 Å². The van der Waals surface area contributed by atoms with Crippen LogP contribution >= 0.6 is 15.9 Å². The van der Waals surface area contributed by atoms with Crippen LogP contribution in [0.25, 0.3) is 0 Å². The summed E-state index contributed by atoms with van der Waals surface area (Å²) in [6.07, 6.45) is 3.31. The van der Waals surface area contributed by atoms with Crippen molar-refractivity contribution in [3.05, 3.63) is 34.3 Å². The topological polar surface area (TPSA) is 32.3 Å². The molecule has 0 spiro atoms. The number of piperidine rings is 1. The predicted octanol–water partition coefficient (Wildman–Crippen LogP) is 2.76. The van der Waals surface area contributed by atoms with Crippen molar-refractivity contribution in [3.63, 3.8) is 0 Å². The molecule has 3 nitrogen and oxygen atoms in total. The second kappa shape index (κ2) is 5.86. The molecular weight excluding hydrogens is 316 g/mol. The van der Waals surface area contributed by atoms with Crippen LogP contribution in [-0.4, -0.2) is 37.0 Å². The monoisotopic (exact) mass is 336 g/mol. The molecule has 1 aromatic rings. The summed E-state index contributed by atoms with van der Waals surface area (Å²) in [7, 11) is 1.99. The molecule has 3 rings (SSSR count). The van der Waals surface area contributed by atoms with Gasteiger partial charge in [-0.25, -0.2) is 0 Å². The molecule has 1 saturated carbocycles. The fraction of sp³-hybridized carbons (Fsp3) is 0.562. The van der Waals surface area contributed by atoms with Gasteiger partial charge in [-0.3, -0.25) is 4.79 Å². The number of hydrogen-bond donors (Lipinski definition) is 1. The van der Waals surface area contributed by atoms with E-state index in [9.17, 15) is 4.79 Å². The highest BCUT2D eigenvalue weighted by Crippen LogP contribution is 2.48. The zero-order valence-electron chi connectivity index (χ0n) is 11.8. The molecule has 0 bridgehead atoms. The number of carbonyl (C=O) groups is 1. The number of likely N-dealkylation sites (tertiary alicyclic amines) is 1. The molecule has 1 N–H and O–H groups in total. The van der Waals surface area contributed by atoms with Crippen molar-refractivity contribution in [2.75, 3.05) is 20.1 Å². The largest absolute Gasteiger partial charge is 0.341 e. The van der Waals surface area contributed by atoms with Gasteiger partial charge in [0.25, 0.3) is 0 Å². The molecule has 20 heavy (non-hydrogen) atoms. The van der Waals surface area contributed by atoms with E-state index in [0.29, 0.717) is 17.9 Å². The fourth-order valence-corrected chi connectivity index (χ4v) is 3.46. The number of rotatable bonds is 3. The molecule has 1 aliphatic carbocycles. The van der Waals surface area contributed by atoms with Gasteiger partial charge in [0.15, 0.2) is 0 Å². The van der Waals surface area contributed by atoms with Crippen LogP contribution in [0.3, 0.4) is 0 Å². The summed E-state index contributed by atoms with van der Waals surface area (Å²) in [5.41, 5.74) is 1.30. The molecule has 1 saturated heterocycles. The van der Waals surface area contributed by atoms with Crippen molar-refractivity contribution in [3.8, 4) is 0 Å². The second-order valence-corrected chi connectivity index (χ2v) is 6.83. The van der Waals surface area contributed by atoms with Crippen molar-refractivity contribution in [2.45, 2.75) is 31.2 Å². The lowest BCUT2D eigenvalue weighted by Crippen LogP contribution is -2.47. The molecule has 1 amide bonds. The van der Waals surface area contributed by atoms with Crippen LogP contribution < -0.4 is 5.32 Å². The Morgan fingerprint density at radius 3 is 2.80 bits per heavy atom. The number of nitrogens with one attached hydrogen (secondary N) is 1. The van der Waals surface area contributed by atoms with Gasteiger partial charge in [-0.15, -0.1) is 0 Å². The van der Waals surface area contributed by atoms with Crippen LogP contribution in [0, 0.1) is 5.92 Å². The Bertz CT molecular complexity index is 488. The van der Waals surface area contributed by atoms with E-state index in [1.807, 2.05) is 7.05 Å². The first-order valence-electron chi connectivity index (χ1n) is 7.40. The lowest BCUT2D eigenvalue weighted by Gasteiger charge is -2.32. The first kappa shape index (κ1) is 14.1. The maximum atomic E-state index is 12.6. The highest BCUT2D eigenvalue weighted by molar-refractivity contribution is 9.10. The summed E-state index contributed by atoms with van der Waals surface area (Å²) in [6.45, 7) is 1.81. The Morgan fingerprint density at radius 2 is 2.10 bits per heavy atom. The number of carbonyl (C=O) groups excluding carboxylic acids is 1. The zero-order valence-corrected chi connectivity index (χ0v) is 13.4. The molecule has 2 aliphatic rings. The lowest BCUT2D eigenvalue weighted by molar-refractivity contribution is -0.134. The third-order valence-corrected chi connectivity index (χ3v) is 5.08. The third-order valence-electron chi connectivity index (χ3n) is 4.55. The maximum Gasteiger partial charge on any atom is 0.226 e. The summed E-state index contributed by atoms with van der Waals surface area (Å²) in [4.78, 5) is 14.6. The number of benzene rings is 1. The highest BCUT2D eigenvalue weighted by Gasteiger charge is 2.46. The minimum absolute atomic E-state index is 0.215. The van der Waals surface area contributed by atoms with Crippen molar-refractivity contribution < 1.29 is 4.79 Å². The van der Waals surface area contributed by atoms with E-state index < -0.39 is 0 Å². The SMILES string of the molecule is CN[C@@H]1CCCN(C(=O)[C@@H]2C[C@@H]2c2ccc(Br)cc2)C1. The number of nitrogens with zero attached hydrogens (tertiary/aromatic N) is 1. The summed E-state index contributed by atoms with van der Waals surface area (Å²) < 4.78 is 1.10. The van der Waals surface area contributed by atoms with Crippen LogP contribution in [0.2, 0.25) is 0 Å². The number of likely N-dealkylation sites (N-methyl/N-ethyl adjacent to an activating group) is 1. The van der Waals surface area contributed by atoms with Crippen LogP contribution in [0.15, 0.2) is 28.7 Å². The Morgan fingerprint density at radius 1 is 1.35 bits per heavy atom. The molecule has 4 heteroatoms. The molecular formula is C16H21BrN2O. The average molecular weight is 337 g/mol. The van der Waals surface area contributed by atoms with Crippen molar-refractivity contribution in [1.82, 2.24) is 10.2 Å². The van der Waals surface area contributed by atoms with E-state index in [1.54, 1.807) is 0 Å². The summed E-state index contributed by atoms with van der Waals surface area (Å²) in [6, 6.07) is 8.86.